The molecule has 6 nitrogen and oxygen atoms in total. The second-order valence-corrected chi connectivity index (χ2v) is 9.73. The summed E-state index contributed by atoms with van der Waals surface area (Å²) in [6, 6.07) is 9.88. The molecule has 2 aliphatic rings. The van der Waals surface area contributed by atoms with Crippen LogP contribution in [-0.2, 0) is 27.2 Å². The maximum atomic E-state index is 12.0. The number of hydrogen-bond acceptors (Lipinski definition) is 6. The molecule has 1 heterocycles. The summed E-state index contributed by atoms with van der Waals surface area (Å²) < 4.78 is 17.0. The van der Waals surface area contributed by atoms with Gasteiger partial charge in [0.1, 0.15) is 6.61 Å². The zero-order chi connectivity index (χ0) is 23.1. The molecule has 1 radical (unpaired) electrons. The molecule has 0 aliphatic heterocycles. The Balaban J connectivity index is 1.34. The van der Waals surface area contributed by atoms with Gasteiger partial charge in [-0.2, -0.15) is 0 Å². The molecular weight excluding hydrogens is 405 g/mol. The lowest BCUT2D eigenvalue weighted by Crippen LogP contribution is -2.49. The highest BCUT2D eigenvalue weighted by Crippen LogP contribution is 2.61. The minimum atomic E-state index is -0.972. The summed E-state index contributed by atoms with van der Waals surface area (Å²) >= 11 is 0. The molecular formula is C25H31BNO5. The summed E-state index contributed by atoms with van der Waals surface area (Å²) in [5.41, 5.74) is 2.58. The van der Waals surface area contributed by atoms with Gasteiger partial charge >= 0.3 is 13.5 Å². The van der Waals surface area contributed by atoms with Gasteiger partial charge in [0.05, 0.1) is 23.7 Å². The number of hydrogen-bond donors (Lipinski definition) is 1. The van der Waals surface area contributed by atoms with Crippen LogP contribution in [0, 0.1) is 11.8 Å². The molecule has 1 N–H and O–H groups in total. The first-order valence-corrected chi connectivity index (χ1v) is 11.2. The van der Waals surface area contributed by atoms with Crippen LogP contribution in [0.2, 0.25) is 0 Å². The molecule has 1 fully saturated rings. The average Bonchev–Trinajstić information content (AvgIpc) is 3.32. The van der Waals surface area contributed by atoms with Gasteiger partial charge < -0.3 is 19.2 Å². The van der Waals surface area contributed by atoms with Gasteiger partial charge in [-0.05, 0) is 63.6 Å². The number of carbonyl (C=O) groups excluding carboxylic acids is 1. The number of ether oxygens (including phenoxy) is 2. The van der Waals surface area contributed by atoms with E-state index in [2.05, 4.69) is 4.98 Å². The fraction of sp³-hybridized carbons (Fsp3) is 0.520. The maximum Gasteiger partial charge on any atom is 0.330 e. The van der Waals surface area contributed by atoms with E-state index in [4.69, 9.17) is 14.1 Å². The van der Waals surface area contributed by atoms with Crippen molar-refractivity contribution in [3.05, 3.63) is 53.2 Å². The van der Waals surface area contributed by atoms with Crippen LogP contribution in [-0.4, -0.2) is 41.4 Å². The Morgan fingerprint density at radius 2 is 2.03 bits per heavy atom. The van der Waals surface area contributed by atoms with E-state index in [9.17, 15) is 9.90 Å². The molecule has 7 heteroatoms. The van der Waals surface area contributed by atoms with Crippen LogP contribution in [0.5, 0.6) is 5.88 Å². The number of pyridine rings is 1. The monoisotopic (exact) mass is 436 g/mol. The second-order valence-electron chi connectivity index (χ2n) is 9.73. The first kappa shape index (κ1) is 22.8. The number of esters is 1. The summed E-state index contributed by atoms with van der Waals surface area (Å²) in [6.07, 6.45) is 2.73. The van der Waals surface area contributed by atoms with Crippen LogP contribution >= 0.6 is 0 Å². The van der Waals surface area contributed by atoms with Gasteiger partial charge in [-0.25, -0.2) is 4.98 Å². The SMILES string of the molecule is CCOC(=O)[C@H]1[C@@H]2Cc3cc(OCc4cccc([B]OC(C)(C)C(C)(C)O)c4)ncc3[C@@H]21. The Kier molecular flexibility index (Phi) is 6.07. The highest BCUT2D eigenvalue weighted by Gasteiger charge is 2.60. The largest absolute Gasteiger partial charge is 0.473 e. The van der Waals surface area contributed by atoms with Crippen molar-refractivity contribution in [2.75, 3.05) is 6.61 Å². The first-order valence-electron chi connectivity index (χ1n) is 11.2. The number of carbonyl (C=O) groups is 1. The Labute approximate surface area is 190 Å². The predicted molar refractivity (Wildman–Crippen MR) is 122 cm³/mol. The van der Waals surface area contributed by atoms with E-state index in [-0.39, 0.29) is 17.8 Å². The number of aliphatic hydroxyl groups is 1. The lowest BCUT2D eigenvalue weighted by molar-refractivity contribution is -0.145. The van der Waals surface area contributed by atoms with Crippen molar-refractivity contribution in [1.29, 1.82) is 0 Å². The van der Waals surface area contributed by atoms with E-state index in [0.29, 0.717) is 25.0 Å². The van der Waals surface area contributed by atoms with Crippen molar-refractivity contribution >= 4 is 18.9 Å². The Morgan fingerprint density at radius 1 is 1.25 bits per heavy atom. The van der Waals surface area contributed by atoms with Crippen LogP contribution in [0.3, 0.4) is 0 Å². The number of nitrogens with zero attached hydrogens (tertiary/aromatic N) is 1. The Morgan fingerprint density at radius 3 is 2.75 bits per heavy atom. The van der Waals surface area contributed by atoms with E-state index < -0.39 is 11.2 Å². The van der Waals surface area contributed by atoms with E-state index >= 15 is 0 Å². The van der Waals surface area contributed by atoms with Crippen molar-refractivity contribution in [2.24, 2.45) is 11.8 Å². The first-order chi connectivity index (χ1) is 15.1. The minimum absolute atomic E-state index is 0.00128. The molecule has 169 valence electrons. The van der Waals surface area contributed by atoms with Gasteiger partial charge in [0.25, 0.3) is 0 Å². The molecule has 2 aromatic rings. The van der Waals surface area contributed by atoms with E-state index in [1.54, 1.807) is 21.3 Å². The summed E-state index contributed by atoms with van der Waals surface area (Å²) in [7, 11) is 1.67. The van der Waals surface area contributed by atoms with Crippen LogP contribution < -0.4 is 10.2 Å². The third-order valence-electron chi connectivity index (χ3n) is 6.84. The highest BCUT2D eigenvalue weighted by molar-refractivity contribution is 6.47. The molecule has 32 heavy (non-hydrogen) atoms. The van der Waals surface area contributed by atoms with Gasteiger partial charge in [-0.3, -0.25) is 4.79 Å². The van der Waals surface area contributed by atoms with Crippen LogP contribution in [0.15, 0.2) is 36.5 Å². The van der Waals surface area contributed by atoms with Crippen molar-refractivity contribution < 1.29 is 24.0 Å². The van der Waals surface area contributed by atoms with Gasteiger partial charge in [0, 0.05) is 18.2 Å². The fourth-order valence-corrected chi connectivity index (χ4v) is 4.18. The fourth-order valence-electron chi connectivity index (χ4n) is 4.18. The van der Waals surface area contributed by atoms with Crippen LogP contribution in [0.25, 0.3) is 0 Å². The molecule has 2 aliphatic carbocycles. The smallest absolute Gasteiger partial charge is 0.330 e. The quantitative estimate of drug-likeness (QED) is 0.481. The van der Waals surface area contributed by atoms with E-state index in [0.717, 1.165) is 23.0 Å². The van der Waals surface area contributed by atoms with Gasteiger partial charge in [0.15, 0.2) is 0 Å². The van der Waals surface area contributed by atoms with Crippen LogP contribution in [0.4, 0.5) is 0 Å². The van der Waals surface area contributed by atoms with Gasteiger partial charge in [0.2, 0.25) is 5.88 Å². The number of fused-ring (bicyclic) bond motifs is 3. The predicted octanol–water partition coefficient (Wildman–Crippen LogP) is 2.92. The summed E-state index contributed by atoms with van der Waals surface area (Å²) in [4.78, 5) is 16.5. The van der Waals surface area contributed by atoms with E-state index in [1.807, 2.05) is 57.3 Å². The topological polar surface area (TPSA) is 77.9 Å². The zero-order valence-electron chi connectivity index (χ0n) is 19.4. The second kappa shape index (κ2) is 8.52. The Bertz CT molecular complexity index is 1000. The van der Waals surface area contributed by atoms with Crippen molar-refractivity contribution in [1.82, 2.24) is 4.98 Å². The van der Waals surface area contributed by atoms with E-state index in [1.165, 1.54) is 5.56 Å². The summed E-state index contributed by atoms with van der Waals surface area (Å²) in [6.45, 7) is 9.83. The lowest BCUT2D eigenvalue weighted by atomic mass is 9.82. The summed E-state index contributed by atoms with van der Waals surface area (Å²) in [5, 5.41) is 10.2. The number of aromatic nitrogens is 1. The third kappa shape index (κ3) is 4.55. The third-order valence-corrected chi connectivity index (χ3v) is 6.84. The summed E-state index contributed by atoms with van der Waals surface area (Å²) in [5.74, 6) is 1.11. The molecule has 4 rings (SSSR count). The highest BCUT2D eigenvalue weighted by atomic mass is 16.5. The van der Waals surface area contributed by atoms with Crippen molar-refractivity contribution in [2.45, 2.75) is 64.8 Å². The maximum absolute atomic E-state index is 12.0. The van der Waals surface area contributed by atoms with Crippen molar-refractivity contribution in [3.8, 4) is 5.88 Å². The lowest BCUT2D eigenvalue weighted by Gasteiger charge is -2.37. The van der Waals surface area contributed by atoms with Gasteiger partial charge in [-0.15, -0.1) is 0 Å². The molecule has 0 amide bonds. The molecule has 1 aromatic carbocycles. The zero-order valence-corrected chi connectivity index (χ0v) is 19.4. The molecule has 0 saturated heterocycles. The normalized spacial score (nSPS) is 21.5. The Hall–Kier alpha value is -2.38. The van der Waals surface area contributed by atoms with Crippen LogP contribution in [0.1, 0.15) is 57.2 Å². The molecule has 0 spiro atoms. The molecule has 3 atom stereocenters. The average molecular weight is 436 g/mol. The molecule has 1 aromatic heterocycles. The standard InChI is InChI=1S/C25H31BNO5/c1-6-30-23(28)22-18-11-16-12-20(27-13-19(16)21(18)22)31-14-15-8-7-9-17(10-15)26-32-25(4,5)24(2,3)29/h7-10,12-13,18,21-22,29H,6,11,14H2,1-5H3/t18-,21-,22+/m1/s1. The number of benzene rings is 1. The molecule has 0 unspecified atom stereocenters. The minimum Gasteiger partial charge on any atom is -0.473 e. The molecule has 1 saturated carbocycles. The number of rotatable bonds is 9. The van der Waals surface area contributed by atoms with Crippen molar-refractivity contribution in [3.63, 3.8) is 0 Å². The molecule has 0 bridgehead atoms. The van der Waals surface area contributed by atoms with Gasteiger partial charge in [-0.1, -0.05) is 29.7 Å².